The van der Waals surface area contributed by atoms with Gasteiger partial charge in [0.2, 0.25) is 0 Å². The van der Waals surface area contributed by atoms with Crippen LogP contribution in [-0.2, 0) is 15.2 Å². The molecule has 7 heteroatoms. The summed E-state index contributed by atoms with van der Waals surface area (Å²) in [5.41, 5.74) is 1.90. The number of benzene rings is 1. The number of anilines is 1. The first kappa shape index (κ1) is 19.9. The number of nitrogens with one attached hydrogen (secondary N) is 2. The number of aryl methyl sites for hydroxylation is 3. The van der Waals surface area contributed by atoms with Crippen LogP contribution < -0.4 is 10.6 Å². The molecule has 146 valence electrons. The highest BCUT2D eigenvalue weighted by Gasteiger charge is 2.36. The van der Waals surface area contributed by atoms with E-state index in [1.165, 1.54) is 17.6 Å². The van der Waals surface area contributed by atoms with Gasteiger partial charge in [-0.1, -0.05) is 23.8 Å². The fraction of sp³-hybridized carbons (Fsp3) is 0.238. The van der Waals surface area contributed by atoms with E-state index >= 15 is 0 Å². The summed E-state index contributed by atoms with van der Waals surface area (Å²) in [4.78, 5) is 25.3. The predicted molar refractivity (Wildman–Crippen MR) is 108 cm³/mol. The molecule has 0 aliphatic rings. The number of carbonyl (C=O) groups is 2. The monoisotopic (exact) mass is 398 g/mol. The van der Waals surface area contributed by atoms with Gasteiger partial charge in [-0.3, -0.25) is 9.59 Å². The number of carbonyl (C=O) groups excluding carboxylic acids is 2. The molecule has 2 aromatic heterocycles. The first-order valence-corrected chi connectivity index (χ1v) is 9.66. The van der Waals surface area contributed by atoms with Crippen LogP contribution >= 0.6 is 11.3 Å². The molecule has 1 aromatic carbocycles. The molecule has 6 nitrogen and oxygen atoms in total. The summed E-state index contributed by atoms with van der Waals surface area (Å²) in [6.07, 6.45) is 1.45. The Kier molecular flexibility index (Phi) is 5.67. The van der Waals surface area contributed by atoms with Crippen molar-refractivity contribution >= 4 is 28.8 Å². The molecule has 2 amide bonds. The predicted octanol–water partition coefficient (Wildman–Crippen LogP) is 3.26. The lowest BCUT2D eigenvalue weighted by atomic mass is 9.98. The van der Waals surface area contributed by atoms with Crippen molar-refractivity contribution < 1.29 is 19.1 Å². The van der Waals surface area contributed by atoms with Gasteiger partial charge in [-0.25, -0.2) is 0 Å². The minimum atomic E-state index is -1.55. The van der Waals surface area contributed by atoms with Gasteiger partial charge in [0.25, 0.3) is 0 Å². The van der Waals surface area contributed by atoms with Gasteiger partial charge in [0, 0.05) is 10.6 Å². The maximum Gasteiger partial charge on any atom is 0.313 e. The third-order valence-electron chi connectivity index (χ3n) is 4.48. The van der Waals surface area contributed by atoms with Gasteiger partial charge in [0.15, 0.2) is 5.60 Å². The molecule has 28 heavy (non-hydrogen) atoms. The van der Waals surface area contributed by atoms with Crippen LogP contribution in [0.25, 0.3) is 0 Å². The Hall–Kier alpha value is -2.90. The van der Waals surface area contributed by atoms with Gasteiger partial charge in [-0.05, 0) is 55.5 Å². The number of rotatable bonds is 5. The molecule has 0 aliphatic carbocycles. The zero-order valence-corrected chi connectivity index (χ0v) is 16.7. The van der Waals surface area contributed by atoms with Crippen LogP contribution in [0.1, 0.15) is 27.3 Å². The van der Waals surface area contributed by atoms with Crippen LogP contribution in [-0.4, -0.2) is 23.5 Å². The van der Waals surface area contributed by atoms with E-state index in [1.54, 1.807) is 24.3 Å². The molecule has 3 N–H and O–H groups in total. The molecule has 0 bridgehead atoms. The van der Waals surface area contributed by atoms with Gasteiger partial charge in [0.1, 0.15) is 5.76 Å². The standard InChI is InChI=1S/C21H22N2O4S/c1-13-10-14(2)18(15(3)11-13)23-20(25)19(24)22-12-21(26,16-6-4-8-27-16)17-7-5-9-28-17/h4-11,26H,12H2,1-3H3,(H,22,24)(H,23,25). The van der Waals surface area contributed by atoms with Crippen molar-refractivity contribution in [3.8, 4) is 0 Å². The Morgan fingerprint density at radius 3 is 2.39 bits per heavy atom. The van der Waals surface area contributed by atoms with E-state index in [4.69, 9.17) is 4.42 Å². The molecule has 0 aliphatic heterocycles. The fourth-order valence-corrected chi connectivity index (χ4v) is 3.99. The third-order valence-corrected chi connectivity index (χ3v) is 5.51. The lowest BCUT2D eigenvalue weighted by Crippen LogP contribution is -2.44. The van der Waals surface area contributed by atoms with Gasteiger partial charge in [0.05, 0.1) is 12.8 Å². The molecular formula is C21H22N2O4S. The van der Waals surface area contributed by atoms with Crippen LogP contribution in [0.3, 0.4) is 0 Å². The second-order valence-electron chi connectivity index (χ2n) is 6.73. The molecule has 1 atom stereocenters. The second kappa shape index (κ2) is 8.00. The van der Waals surface area contributed by atoms with E-state index in [0.29, 0.717) is 16.3 Å². The normalized spacial score (nSPS) is 13.0. The summed E-state index contributed by atoms with van der Waals surface area (Å²) >= 11 is 1.33. The summed E-state index contributed by atoms with van der Waals surface area (Å²) in [6, 6.07) is 10.7. The quantitative estimate of drug-likeness (QED) is 0.575. The number of furan rings is 1. The van der Waals surface area contributed by atoms with Crippen molar-refractivity contribution in [1.29, 1.82) is 0 Å². The molecule has 0 radical (unpaired) electrons. The van der Waals surface area contributed by atoms with Crippen molar-refractivity contribution in [2.24, 2.45) is 0 Å². The smallest absolute Gasteiger partial charge is 0.313 e. The van der Waals surface area contributed by atoms with Gasteiger partial charge < -0.3 is 20.2 Å². The lowest BCUT2D eigenvalue weighted by molar-refractivity contribution is -0.136. The Bertz CT molecular complexity index is 921. The van der Waals surface area contributed by atoms with Crippen LogP contribution in [0.5, 0.6) is 0 Å². The molecule has 3 aromatic rings. The highest BCUT2D eigenvalue weighted by atomic mass is 32.1. The van der Waals surface area contributed by atoms with Crippen molar-refractivity contribution in [2.45, 2.75) is 26.4 Å². The zero-order valence-electron chi connectivity index (χ0n) is 15.9. The highest BCUT2D eigenvalue weighted by molar-refractivity contribution is 7.10. The third kappa shape index (κ3) is 4.00. The number of hydrogen-bond acceptors (Lipinski definition) is 5. The molecule has 3 rings (SSSR count). The summed E-state index contributed by atoms with van der Waals surface area (Å²) in [7, 11) is 0. The Labute approximate surface area is 167 Å². The molecule has 1 unspecified atom stereocenters. The number of aliphatic hydroxyl groups is 1. The zero-order chi connectivity index (χ0) is 20.3. The van der Waals surface area contributed by atoms with E-state index in [-0.39, 0.29) is 6.54 Å². The largest absolute Gasteiger partial charge is 0.466 e. The van der Waals surface area contributed by atoms with Gasteiger partial charge >= 0.3 is 11.8 Å². The fourth-order valence-electron chi connectivity index (χ4n) is 3.16. The molecule has 2 heterocycles. The van der Waals surface area contributed by atoms with Crippen molar-refractivity contribution in [1.82, 2.24) is 5.32 Å². The maximum absolute atomic E-state index is 12.4. The summed E-state index contributed by atoms with van der Waals surface area (Å²) in [5, 5.41) is 18.1. The van der Waals surface area contributed by atoms with Gasteiger partial charge in [-0.2, -0.15) is 0 Å². The number of amides is 2. The molecule has 0 saturated carbocycles. The molecular weight excluding hydrogens is 376 g/mol. The Morgan fingerprint density at radius 1 is 1.11 bits per heavy atom. The van der Waals surface area contributed by atoms with Crippen LogP contribution in [0.4, 0.5) is 5.69 Å². The average molecular weight is 398 g/mol. The minimum absolute atomic E-state index is 0.195. The van der Waals surface area contributed by atoms with E-state index in [2.05, 4.69) is 10.6 Å². The van der Waals surface area contributed by atoms with E-state index in [0.717, 1.165) is 16.7 Å². The van der Waals surface area contributed by atoms with E-state index < -0.39 is 17.4 Å². The molecule has 0 saturated heterocycles. The summed E-state index contributed by atoms with van der Waals surface area (Å²) in [5.74, 6) is -1.33. The van der Waals surface area contributed by atoms with E-state index in [1.807, 2.05) is 38.3 Å². The van der Waals surface area contributed by atoms with Crippen molar-refractivity contribution in [3.05, 3.63) is 75.4 Å². The molecule has 0 spiro atoms. The van der Waals surface area contributed by atoms with Gasteiger partial charge in [-0.15, -0.1) is 11.3 Å². The van der Waals surface area contributed by atoms with E-state index in [9.17, 15) is 14.7 Å². The topological polar surface area (TPSA) is 91.6 Å². The maximum atomic E-state index is 12.4. The lowest BCUT2D eigenvalue weighted by Gasteiger charge is -2.25. The first-order valence-electron chi connectivity index (χ1n) is 8.78. The van der Waals surface area contributed by atoms with Crippen molar-refractivity contribution in [3.63, 3.8) is 0 Å². The highest BCUT2D eigenvalue weighted by Crippen LogP contribution is 2.32. The SMILES string of the molecule is Cc1cc(C)c(NC(=O)C(=O)NCC(O)(c2ccco2)c2cccs2)c(C)c1. The summed E-state index contributed by atoms with van der Waals surface area (Å²) < 4.78 is 5.36. The van der Waals surface area contributed by atoms with Crippen molar-refractivity contribution in [2.75, 3.05) is 11.9 Å². The first-order chi connectivity index (χ1) is 13.3. The number of thiophene rings is 1. The average Bonchev–Trinajstić information content (AvgIpc) is 3.36. The minimum Gasteiger partial charge on any atom is -0.466 e. The second-order valence-corrected chi connectivity index (χ2v) is 7.67. The Morgan fingerprint density at radius 2 is 1.82 bits per heavy atom. The number of hydrogen-bond donors (Lipinski definition) is 3. The van der Waals surface area contributed by atoms with Crippen LogP contribution in [0.15, 0.2) is 52.5 Å². The van der Waals surface area contributed by atoms with Crippen LogP contribution in [0.2, 0.25) is 0 Å². The Balaban J connectivity index is 1.73. The molecule has 0 fully saturated rings. The summed E-state index contributed by atoms with van der Waals surface area (Å²) in [6.45, 7) is 5.53. The van der Waals surface area contributed by atoms with Crippen LogP contribution in [0, 0.1) is 20.8 Å².